The van der Waals surface area contributed by atoms with Crippen LogP contribution in [0, 0.1) is 6.92 Å². The summed E-state index contributed by atoms with van der Waals surface area (Å²) in [4.78, 5) is 24.6. The van der Waals surface area contributed by atoms with Gasteiger partial charge in [0.2, 0.25) is 0 Å². The van der Waals surface area contributed by atoms with E-state index in [1.54, 1.807) is 0 Å². The number of rotatable bonds is 3. The van der Waals surface area contributed by atoms with E-state index in [-0.39, 0.29) is 11.9 Å². The minimum Gasteiger partial charge on any atom is -0.467 e. The number of hydrogen-bond acceptors (Lipinski definition) is 5. The van der Waals surface area contributed by atoms with Crippen molar-refractivity contribution in [2.75, 3.05) is 38.2 Å². The molecule has 1 aromatic carbocycles. The number of benzene rings is 1. The van der Waals surface area contributed by atoms with Gasteiger partial charge >= 0.3 is 6.01 Å². The Morgan fingerprint density at radius 2 is 1.65 bits per heavy atom. The molecule has 0 aliphatic carbocycles. The van der Waals surface area contributed by atoms with Crippen molar-refractivity contribution in [3.63, 3.8) is 0 Å². The van der Waals surface area contributed by atoms with Crippen molar-refractivity contribution < 1.29 is 9.53 Å². The van der Waals surface area contributed by atoms with Gasteiger partial charge in [-0.25, -0.2) is 9.97 Å². The quantitative estimate of drug-likeness (QED) is 0.864. The Labute approximate surface area is 135 Å². The summed E-state index contributed by atoms with van der Waals surface area (Å²) in [7, 11) is 1.50. The number of anilines is 1. The standard InChI is InChI=1S/C17H20N4O2/c1-13-3-5-15(6-4-13)20-7-9-21(10-8-20)16(22)14-11-18-17(23-2)19-12-14/h3-6,11-12H,7-10H2,1-2H3. The molecule has 0 radical (unpaired) electrons. The van der Waals surface area contributed by atoms with Crippen molar-refractivity contribution in [1.82, 2.24) is 14.9 Å². The maximum absolute atomic E-state index is 12.5. The molecule has 120 valence electrons. The van der Waals surface area contributed by atoms with Crippen LogP contribution in [0.2, 0.25) is 0 Å². The number of carbonyl (C=O) groups is 1. The highest BCUT2D eigenvalue weighted by atomic mass is 16.5. The second-order valence-corrected chi connectivity index (χ2v) is 5.57. The fourth-order valence-corrected chi connectivity index (χ4v) is 2.64. The third-order valence-corrected chi connectivity index (χ3v) is 4.02. The number of aromatic nitrogens is 2. The summed E-state index contributed by atoms with van der Waals surface area (Å²) in [5, 5.41) is 0. The van der Waals surface area contributed by atoms with Gasteiger partial charge in [0.05, 0.1) is 12.7 Å². The summed E-state index contributed by atoms with van der Waals surface area (Å²) in [6.07, 6.45) is 3.03. The van der Waals surface area contributed by atoms with Gasteiger partial charge in [-0.05, 0) is 19.1 Å². The number of amides is 1. The van der Waals surface area contributed by atoms with E-state index >= 15 is 0 Å². The number of ether oxygens (including phenoxy) is 1. The molecule has 23 heavy (non-hydrogen) atoms. The molecule has 0 unspecified atom stereocenters. The van der Waals surface area contributed by atoms with E-state index in [1.165, 1.54) is 30.8 Å². The average molecular weight is 312 g/mol. The van der Waals surface area contributed by atoms with E-state index in [9.17, 15) is 4.79 Å². The van der Waals surface area contributed by atoms with Crippen LogP contribution in [-0.4, -0.2) is 54.1 Å². The first kappa shape index (κ1) is 15.3. The SMILES string of the molecule is COc1ncc(C(=O)N2CCN(c3ccc(C)cc3)CC2)cn1. The van der Waals surface area contributed by atoms with Crippen LogP contribution in [0.4, 0.5) is 5.69 Å². The molecule has 6 heteroatoms. The highest BCUT2D eigenvalue weighted by molar-refractivity contribution is 5.93. The molecule has 0 saturated carbocycles. The summed E-state index contributed by atoms with van der Waals surface area (Å²) < 4.78 is 4.91. The normalized spacial score (nSPS) is 14.7. The van der Waals surface area contributed by atoms with Gasteiger partial charge in [-0.15, -0.1) is 0 Å². The van der Waals surface area contributed by atoms with E-state index in [4.69, 9.17) is 4.74 Å². The van der Waals surface area contributed by atoms with Crippen LogP contribution in [-0.2, 0) is 0 Å². The van der Waals surface area contributed by atoms with Gasteiger partial charge in [0.15, 0.2) is 0 Å². The summed E-state index contributed by atoms with van der Waals surface area (Å²) in [5.41, 5.74) is 2.95. The maximum atomic E-state index is 12.5. The van der Waals surface area contributed by atoms with Crippen molar-refractivity contribution >= 4 is 11.6 Å². The molecule has 0 spiro atoms. The molecule has 1 amide bonds. The predicted octanol–water partition coefficient (Wildman–Crippen LogP) is 1.76. The Balaban J connectivity index is 1.61. The molecule has 1 saturated heterocycles. The summed E-state index contributed by atoms with van der Waals surface area (Å²) in [6.45, 7) is 5.12. The summed E-state index contributed by atoms with van der Waals surface area (Å²) in [6, 6.07) is 8.75. The molecule has 1 aromatic heterocycles. The van der Waals surface area contributed by atoms with E-state index in [1.807, 2.05) is 4.90 Å². The minimum absolute atomic E-state index is 0.0313. The van der Waals surface area contributed by atoms with Crippen LogP contribution in [0.1, 0.15) is 15.9 Å². The Hall–Kier alpha value is -2.63. The van der Waals surface area contributed by atoms with E-state index in [0.29, 0.717) is 18.7 Å². The number of piperazine rings is 1. The predicted molar refractivity (Wildman–Crippen MR) is 87.9 cm³/mol. The van der Waals surface area contributed by atoms with Crippen molar-refractivity contribution in [2.24, 2.45) is 0 Å². The van der Waals surface area contributed by atoms with Crippen molar-refractivity contribution in [2.45, 2.75) is 6.92 Å². The molecule has 0 N–H and O–H groups in total. The molecule has 2 aromatic rings. The van der Waals surface area contributed by atoms with Crippen LogP contribution in [0.25, 0.3) is 0 Å². The van der Waals surface area contributed by atoms with Gasteiger partial charge in [0.1, 0.15) is 0 Å². The van der Waals surface area contributed by atoms with E-state index < -0.39 is 0 Å². The number of hydrogen-bond donors (Lipinski definition) is 0. The Morgan fingerprint density at radius 3 is 2.22 bits per heavy atom. The van der Waals surface area contributed by atoms with Gasteiger partial charge in [-0.1, -0.05) is 17.7 Å². The molecule has 2 heterocycles. The van der Waals surface area contributed by atoms with E-state index in [0.717, 1.165) is 13.1 Å². The van der Waals surface area contributed by atoms with Crippen molar-refractivity contribution in [3.8, 4) is 6.01 Å². The monoisotopic (exact) mass is 312 g/mol. The second-order valence-electron chi connectivity index (χ2n) is 5.57. The highest BCUT2D eigenvalue weighted by Gasteiger charge is 2.22. The van der Waals surface area contributed by atoms with Gasteiger partial charge < -0.3 is 14.5 Å². The van der Waals surface area contributed by atoms with Crippen LogP contribution in [0.15, 0.2) is 36.7 Å². The molecular formula is C17H20N4O2. The van der Waals surface area contributed by atoms with Crippen molar-refractivity contribution in [1.29, 1.82) is 0 Å². The Bertz CT molecular complexity index is 662. The first-order chi connectivity index (χ1) is 11.2. The Kier molecular flexibility index (Phi) is 4.41. The third-order valence-electron chi connectivity index (χ3n) is 4.02. The number of carbonyl (C=O) groups excluding carboxylic acids is 1. The zero-order valence-electron chi connectivity index (χ0n) is 13.4. The van der Waals surface area contributed by atoms with Gasteiger partial charge in [0, 0.05) is 44.3 Å². The summed E-state index contributed by atoms with van der Waals surface area (Å²) in [5.74, 6) is -0.0313. The van der Waals surface area contributed by atoms with Crippen LogP contribution in [0.5, 0.6) is 6.01 Å². The first-order valence-electron chi connectivity index (χ1n) is 7.64. The van der Waals surface area contributed by atoms with Crippen LogP contribution in [0.3, 0.4) is 0 Å². The lowest BCUT2D eigenvalue weighted by molar-refractivity contribution is 0.0745. The molecule has 0 bridgehead atoms. The minimum atomic E-state index is -0.0313. The second kappa shape index (κ2) is 6.64. The lowest BCUT2D eigenvalue weighted by Crippen LogP contribution is -2.48. The van der Waals surface area contributed by atoms with Gasteiger partial charge in [0.25, 0.3) is 5.91 Å². The molecule has 6 nitrogen and oxygen atoms in total. The largest absolute Gasteiger partial charge is 0.467 e. The zero-order valence-corrected chi connectivity index (χ0v) is 13.4. The number of nitrogens with zero attached hydrogens (tertiary/aromatic N) is 4. The lowest BCUT2D eigenvalue weighted by Gasteiger charge is -2.36. The van der Waals surface area contributed by atoms with Crippen molar-refractivity contribution in [3.05, 3.63) is 47.8 Å². The van der Waals surface area contributed by atoms with Gasteiger partial charge in [-0.2, -0.15) is 0 Å². The first-order valence-corrected chi connectivity index (χ1v) is 7.64. The van der Waals surface area contributed by atoms with Crippen LogP contribution < -0.4 is 9.64 Å². The molecule has 1 aliphatic heterocycles. The van der Waals surface area contributed by atoms with Gasteiger partial charge in [-0.3, -0.25) is 4.79 Å². The third kappa shape index (κ3) is 3.41. The molecule has 3 rings (SSSR count). The fraction of sp³-hybridized carbons (Fsp3) is 0.353. The Morgan fingerprint density at radius 1 is 1.04 bits per heavy atom. The summed E-state index contributed by atoms with van der Waals surface area (Å²) >= 11 is 0. The fourth-order valence-electron chi connectivity index (χ4n) is 2.64. The smallest absolute Gasteiger partial charge is 0.316 e. The molecule has 0 atom stereocenters. The maximum Gasteiger partial charge on any atom is 0.316 e. The molecule has 1 aliphatic rings. The van der Waals surface area contributed by atoms with Crippen LogP contribution >= 0.6 is 0 Å². The number of methoxy groups -OCH3 is 1. The molecule has 1 fully saturated rings. The highest BCUT2D eigenvalue weighted by Crippen LogP contribution is 2.18. The average Bonchev–Trinajstić information content (AvgIpc) is 2.62. The zero-order chi connectivity index (χ0) is 16.2. The lowest BCUT2D eigenvalue weighted by atomic mass is 10.2. The van der Waals surface area contributed by atoms with E-state index in [2.05, 4.69) is 46.1 Å². The molecular weight excluding hydrogens is 292 g/mol. The number of aryl methyl sites for hydroxylation is 1. The topological polar surface area (TPSA) is 58.6 Å².